The fraction of sp³-hybridized carbons (Fsp3) is 0.167. The molecule has 4 rings (SSSR count). The van der Waals surface area contributed by atoms with E-state index in [2.05, 4.69) is 99.6 Å². The summed E-state index contributed by atoms with van der Waals surface area (Å²) in [5.41, 5.74) is 4.11. The molecule has 0 nitrogen and oxygen atoms in total. The normalized spacial score (nSPS) is 12.0. The molecule has 118 valence electrons. The highest BCUT2D eigenvalue weighted by Crippen LogP contribution is 2.30. The van der Waals surface area contributed by atoms with Crippen LogP contribution in [0.1, 0.15) is 26.3 Å². The maximum Gasteiger partial charge on any atom is -0.0132 e. The molecule has 0 fully saturated rings. The molecule has 0 heteroatoms. The predicted molar refractivity (Wildman–Crippen MR) is 106 cm³/mol. The average Bonchev–Trinajstić information content (AvgIpc) is 2.59. The first-order valence-corrected chi connectivity index (χ1v) is 8.54. The Bertz CT molecular complexity index is 1030. The van der Waals surface area contributed by atoms with E-state index in [9.17, 15) is 0 Å². The summed E-state index contributed by atoms with van der Waals surface area (Å²) in [5, 5.41) is 5.19. The standard InChI is InChI=1S/C24H22/c1-24(2,3)23-13-12-18-9-11-21(15-22(18)16-23)20-10-8-17-6-4-5-7-19(17)14-20/h4-16H,1-3H3. The van der Waals surface area contributed by atoms with Crippen LogP contribution in [0.4, 0.5) is 0 Å². The van der Waals surface area contributed by atoms with Gasteiger partial charge in [-0.1, -0.05) is 87.5 Å². The van der Waals surface area contributed by atoms with Crippen LogP contribution in [-0.2, 0) is 5.41 Å². The number of fused-ring (bicyclic) bond motifs is 2. The van der Waals surface area contributed by atoms with Crippen molar-refractivity contribution in [1.82, 2.24) is 0 Å². The van der Waals surface area contributed by atoms with Gasteiger partial charge >= 0.3 is 0 Å². The Kier molecular flexibility index (Phi) is 3.42. The lowest BCUT2D eigenvalue weighted by molar-refractivity contribution is 0.591. The molecule has 0 aliphatic heterocycles. The maximum absolute atomic E-state index is 2.33. The van der Waals surface area contributed by atoms with E-state index >= 15 is 0 Å². The first-order chi connectivity index (χ1) is 11.5. The van der Waals surface area contributed by atoms with E-state index in [1.165, 1.54) is 38.2 Å². The summed E-state index contributed by atoms with van der Waals surface area (Å²) in [5.74, 6) is 0. The Labute approximate surface area is 143 Å². The number of benzene rings is 4. The quantitative estimate of drug-likeness (QED) is 0.356. The van der Waals surface area contributed by atoms with E-state index in [0.717, 1.165) is 0 Å². The van der Waals surface area contributed by atoms with Gasteiger partial charge in [-0.05, 0) is 55.8 Å². The fourth-order valence-electron chi connectivity index (χ4n) is 3.26. The van der Waals surface area contributed by atoms with Crippen LogP contribution in [0.3, 0.4) is 0 Å². The summed E-state index contributed by atoms with van der Waals surface area (Å²) in [6, 6.07) is 28.8. The van der Waals surface area contributed by atoms with Crippen LogP contribution in [0.2, 0.25) is 0 Å². The minimum absolute atomic E-state index is 0.174. The molecule has 0 bridgehead atoms. The van der Waals surface area contributed by atoms with Crippen LogP contribution >= 0.6 is 0 Å². The molecule has 0 unspecified atom stereocenters. The van der Waals surface area contributed by atoms with Crippen LogP contribution < -0.4 is 0 Å². The van der Waals surface area contributed by atoms with Crippen molar-refractivity contribution in [1.29, 1.82) is 0 Å². The van der Waals surface area contributed by atoms with Gasteiger partial charge in [0, 0.05) is 0 Å². The van der Waals surface area contributed by atoms with Gasteiger partial charge in [0.05, 0.1) is 0 Å². The molecule has 0 saturated carbocycles. The lowest BCUT2D eigenvalue weighted by Gasteiger charge is -2.19. The van der Waals surface area contributed by atoms with Crippen molar-refractivity contribution in [2.24, 2.45) is 0 Å². The van der Waals surface area contributed by atoms with E-state index in [0.29, 0.717) is 0 Å². The third kappa shape index (κ3) is 2.69. The van der Waals surface area contributed by atoms with Gasteiger partial charge < -0.3 is 0 Å². The predicted octanol–water partition coefficient (Wildman–Crippen LogP) is 6.96. The van der Waals surface area contributed by atoms with Crippen LogP contribution in [0.15, 0.2) is 78.9 Å². The highest BCUT2D eigenvalue weighted by molar-refractivity contribution is 5.91. The fourth-order valence-corrected chi connectivity index (χ4v) is 3.26. The Morgan fingerprint density at radius 1 is 0.500 bits per heavy atom. The second-order valence-electron chi connectivity index (χ2n) is 7.59. The van der Waals surface area contributed by atoms with Gasteiger partial charge in [0.1, 0.15) is 0 Å². The Balaban J connectivity index is 1.86. The minimum atomic E-state index is 0.174. The third-order valence-electron chi connectivity index (χ3n) is 4.79. The highest BCUT2D eigenvalue weighted by Gasteiger charge is 2.13. The van der Waals surface area contributed by atoms with Gasteiger partial charge in [0.2, 0.25) is 0 Å². The lowest BCUT2D eigenvalue weighted by atomic mass is 9.85. The molecule has 0 spiro atoms. The van der Waals surface area contributed by atoms with Gasteiger partial charge in [0.15, 0.2) is 0 Å². The van der Waals surface area contributed by atoms with Gasteiger partial charge in [-0.15, -0.1) is 0 Å². The van der Waals surface area contributed by atoms with Gasteiger partial charge in [-0.2, -0.15) is 0 Å². The first-order valence-electron chi connectivity index (χ1n) is 8.54. The monoisotopic (exact) mass is 310 g/mol. The zero-order chi connectivity index (χ0) is 16.7. The summed E-state index contributed by atoms with van der Waals surface area (Å²) in [7, 11) is 0. The van der Waals surface area contributed by atoms with Gasteiger partial charge in [-0.3, -0.25) is 0 Å². The molecule has 0 aromatic heterocycles. The van der Waals surface area contributed by atoms with Crippen molar-refractivity contribution in [3.63, 3.8) is 0 Å². The number of hydrogen-bond donors (Lipinski definition) is 0. The summed E-state index contributed by atoms with van der Waals surface area (Å²) < 4.78 is 0. The molecule has 0 aliphatic carbocycles. The molecule has 0 saturated heterocycles. The molecule has 0 heterocycles. The summed E-state index contributed by atoms with van der Waals surface area (Å²) in [6.45, 7) is 6.80. The lowest BCUT2D eigenvalue weighted by Crippen LogP contribution is -2.10. The van der Waals surface area contributed by atoms with Crippen molar-refractivity contribution >= 4 is 21.5 Å². The van der Waals surface area contributed by atoms with Crippen molar-refractivity contribution in [3.8, 4) is 11.1 Å². The molecule has 0 N–H and O–H groups in total. The largest absolute Gasteiger partial charge is 0.0616 e. The van der Waals surface area contributed by atoms with E-state index in [1.54, 1.807) is 0 Å². The molecule has 0 amide bonds. The van der Waals surface area contributed by atoms with Crippen LogP contribution in [0, 0.1) is 0 Å². The van der Waals surface area contributed by atoms with Gasteiger partial charge in [-0.25, -0.2) is 0 Å². The smallest absolute Gasteiger partial charge is 0.0132 e. The van der Waals surface area contributed by atoms with Crippen molar-refractivity contribution in [3.05, 3.63) is 84.4 Å². The topological polar surface area (TPSA) is 0 Å². The Morgan fingerprint density at radius 3 is 1.71 bits per heavy atom. The van der Waals surface area contributed by atoms with E-state index in [-0.39, 0.29) is 5.41 Å². The summed E-state index contributed by atoms with van der Waals surface area (Å²) >= 11 is 0. The summed E-state index contributed by atoms with van der Waals surface area (Å²) in [4.78, 5) is 0. The molecule has 4 aromatic carbocycles. The molecule has 24 heavy (non-hydrogen) atoms. The average molecular weight is 310 g/mol. The van der Waals surface area contributed by atoms with Gasteiger partial charge in [0.25, 0.3) is 0 Å². The Hall–Kier alpha value is -2.60. The summed E-state index contributed by atoms with van der Waals surface area (Å²) in [6.07, 6.45) is 0. The van der Waals surface area contributed by atoms with Crippen molar-refractivity contribution in [2.75, 3.05) is 0 Å². The zero-order valence-corrected chi connectivity index (χ0v) is 14.5. The second kappa shape index (κ2) is 5.49. The highest BCUT2D eigenvalue weighted by atomic mass is 14.2. The number of rotatable bonds is 1. The van der Waals surface area contributed by atoms with Crippen LogP contribution in [0.5, 0.6) is 0 Å². The first kappa shape index (κ1) is 15.0. The maximum atomic E-state index is 2.33. The molecule has 0 radical (unpaired) electrons. The third-order valence-corrected chi connectivity index (χ3v) is 4.79. The SMILES string of the molecule is CC(C)(C)c1ccc2ccc(-c3ccc4ccccc4c3)cc2c1. The van der Waals surface area contributed by atoms with E-state index in [4.69, 9.17) is 0 Å². The molecular formula is C24H22. The van der Waals surface area contributed by atoms with Crippen LogP contribution in [-0.4, -0.2) is 0 Å². The molecule has 0 atom stereocenters. The molecule has 4 aromatic rings. The number of hydrogen-bond acceptors (Lipinski definition) is 0. The second-order valence-corrected chi connectivity index (χ2v) is 7.59. The van der Waals surface area contributed by atoms with Crippen LogP contribution in [0.25, 0.3) is 32.7 Å². The minimum Gasteiger partial charge on any atom is -0.0616 e. The molecule has 0 aliphatic rings. The zero-order valence-electron chi connectivity index (χ0n) is 14.5. The van der Waals surface area contributed by atoms with E-state index in [1.807, 2.05) is 0 Å². The van der Waals surface area contributed by atoms with Crippen molar-refractivity contribution in [2.45, 2.75) is 26.2 Å². The molecular weight excluding hydrogens is 288 g/mol. The van der Waals surface area contributed by atoms with Crippen molar-refractivity contribution < 1.29 is 0 Å². The van der Waals surface area contributed by atoms with E-state index < -0.39 is 0 Å². The Morgan fingerprint density at radius 2 is 1.04 bits per heavy atom.